The minimum atomic E-state index is -3.05. The second-order valence-electron chi connectivity index (χ2n) is 8.31. The standard InChI is InChI=1S/C22H31N3O5S/c26-21(27)22(11-15-31(28,29)16-12-22)10-5-3-1-2-4-6-14-30-18-7-8-19(23-17-18)20-9-13-24-25-20/h7-9,13,17H,1-6,10-12,14-16H2,(H,24,25)(H,26,27). The number of ether oxygens (including phenoxy) is 1. The van der Waals surface area contributed by atoms with Crippen molar-refractivity contribution in [3.05, 3.63) is 30.6 Å². The lowest BCUT2D eigenvalue weighted by molar-refractivity contribution is -0.150. The summed E-state index contributed by atoms with van der Waals surface area (Å²) < 4.78 is 29.0. The van der Waals surface area contributed by atoms with Crippen LogP contribution in [0.5, 0.6) is 5.75 Å². The van der Waals surface area contributed by atoms with E-state index < -0.39 is 21.2 Å². The summed E-state index contributed by atoms with van der Waals surface area (Å²) in [6.07, 6.45) is 10.4. The minimum Gasteiger partial charge on any atom is -0.492 e. The third-order valence-electron chi connectivity index (χ3n) is 6.07. The van der Waals surface area contributed by atoms with E-state index in [1.807, 2.05) is 18.2 Å². The van der Waals surface area contributed by atoms with Gasteiger partial charge in [-0.3, -0.25) is 14.9 Å². The maximum absolute atomic E-state index is 11.7. The summed E-state index contributed by atoms with van der Waals surface area (Å²) in [5.74, 6) is -0.0927. The number of aliphatic carboxylic acids is 1. The van der Waals surface area contributed by atoms with Crippen LogP contribution in [0.3, 0.4) is 0 Å². The topological polar surface area (TPSA) is 122 Å². The Morgan fingerprint density at radius 1 is 1.06 bits per heavy atom. The van der Waals surface area contributed by atoms with Crippen LogP contribution in [-0.4, -0.2) is 52.8 Å². The molecule has 0 atom stereocenters. The van der Waals surface area contributed by atoms with E-state index in [2.05, 4.69) is 15.2 Å². The molecule has 1 saturated heterocycles. The highest BCUT2D eigenvalue weighted by Gasteiger charge is 2.42. The van der Waals surface area contributed by atoms with Gasteiger partial charge in [0.1, 0.15) is 15.6 Å². The number of carboxylic acids is 1. The van der Waals surface area contributed by atoms with Gasteiger partial charge in [-0.05, 0) is 43.9 Å². The molecule has 1 aliphatic rings. The molecule has 0 saturated carbocycles. The molecule has 170 valence electrons. The molecule has 0 radical (unpaired) electrons. The van der Waals surface area contributed by atoms with Gasteiger partial charge in [-0.15, -0.1) is 0 Å². The molecule has 0 aliphatic carbocycles. The highest BCUT2D eigenvalue weighted by molar-refractivity contribution is 7.91. The maximum atomic E-state index is 11.7. The van der Waals surface area contributed by atoms with Crippen LogP contribution in [0.4, 0.5) is 0 Å². The van der Waals surface area contributed by atoms with Crippen molar-refractivity contribution >= 4 is 15.8 Å². The van der Waals surface area contributed by atoms with Gasteiger partial charge in [-0.2, -0.15) is 5.10 Å². The number of aromatic amines is 1. The third-order valence-corrected chi connectivity index (χ3v) is 7.72. The molecule has 0 amide bonds. The van der Waals surface area contributed by atoms with Gasteiger partial charge in [0, 0.05) is 6.20 Å². The first-order chi connectivity index (χ1) is 14.9. The molecule has 3 rings (SSSR count). The zero-order valence-electron chi connectivity index (χ0n) is 17.8. The summed E-state index contributed by atoms with van der Waals surface area (Å²) in [6, 6.07) is 5.66. The van der Waals surface area contributed by atoms with Crippen LogP contribution in [0.2, 0.25) is 0 Å². The molecule has 9 heteroatoms. The average molecular weight is 450 g/mol. The van der Waals surface area contributed by atoms with Gasteiger partial charge < -0.3 is 9.84 Å². The number of rotatable bonds is 12. The molecule has 2 N–H and O–H groups in total. The maximum Gasteiger partial charge on any atom is 0.309 e. The number of carbonyl (C=O) groups is 1. The van der Waals surface area contributed by atoms with Gasteiger partial charge in [0.05, 0.1) is 41.1 Å². The molecule has 31 heavy (non-hydrogen) atoms. The van der Waals surface area contributed by atoms with Crippen molar-refractivity contribution < 1.29 is 23.1 Å². The predicted molar refractivity (Wildman–Crippen MR) is 118 cm³/mol. The Bertz CT molecular complexity index is 913. The molecular formula is C22H31N3O5S. The number of aromatic nitrogens is 3. The zero-order valence-corrected chi connectivity index (χ0v) is 18.6. The van der Waals surface area contributed by atoms with E-state index in [4.69, 9.17) is 4.74 Å². The van der Waals surface area contributed by atoms with Crippen LogP contribution in [0.25, 0.3) is 11.4 Å². The van der Waals surface area contributed by atoms with Crippen LogP contribution in [-0.2, 0) is 14.6 Å². The van der Waals surface area contributed by atoms with Crippen molar-refractivity contribution in [1.82, 2.24) is 15.2 Å². The van der Waals surface area contributed by atoms with E-state index in [1.165, 1.54) is 0 Å². The number of nitrogens with one attached hydrogen (secondary N) is 1. The number of nitrogens with zero attached hydrogens (tertiary/aromatic N) is 2. The van der Waals surface area contributed by atoms with Crippen molar-refractivity contribution in [3.8, 4) is 17.1 Å². The van der Waals surface area contributed by atoms with E-state index in [9.17, 15) is 18.3 Å². The molecule has 3 heterocycles. The SMILES string of the molecule is O=C(O)C1(CCCCCCCCOc2ccc(-c3ccn[nH]3)nc2)CCS(=O)(=O)CC1. The number of carboxylic acid groups (broad SMARTS) is 1. The normalized spacial score (nSPS) is 17.3. The van der Waals surface area contributed by atoms with Crippen molar-refractivity contribution in [3.63, 3.8) is 0 Å². The second-order valence-corrected chi connectivity index (χ2v) is 10.6. The lowest BCUT2D eigenvalue weighted by Crippen LogP contribution is -2.39. The summed E-state index contributed by atoms with van der Waals surface area (Å²) in [6.45, 7) is 0.641. The van der Waals surface area contributed by atoms with Gasteiger partial charge in [-0.25, -0.2) is 8.42 Å². The van der Waals surface area contributed by atoms with Crippen LogP contribution in [0.15, 0.2) is 30.6 Å². The van der Waals surface area contributed by atoms with Crippen molar-refractivity contribution in [2.24, 2.45) is 5.41 Å². The molecule has 2 aromatic rings. The summed E-state index contributed by atoms with van der Waals surface area (Å²) in [5.41, 5.74) is 0.846. The van der Waals surface area contributed by atoms with E-state index in [0.29, 0.717) is 13.0 Å². The smallest absolute Gasteiger partial charge is 0.309 e. The zero-order chi connectivity index (χ0) is 22.2. The Labute approximate surface area is 183 Å². The Kier molecular flexibility index (Phi) is 8.06. The molecule has 8 nitrogen and oxygen atoms in total. The van der Waals surface area contributed by atoms with E-state index >= 15 is 0 Å². The first-order valence-corrected chi connectivity index (χ1v) is 12.7. The van der Waals surface area contributed by atoms with Crippen molar-refractivity contribution in [1.29, 1.82) is 0 Å². The molecular weight excluding hydrogens is 418 g/mol. The third kappa shape index (κ3) is 6.78. The molecule has 2 aromatic heterocycles. The number of hydrogen-bond acceptors (Lipinski definition) is 6. The lowest BCUT2D eigenvalue weighted by Gasteiger charge is -2.33. The molecule has 0 unspecified atom stereocenters. The number of sulfone groups is 1. The summed E-state index contributed by atoms with van der Waals surface area (Å²) in [5, 5.41) is 16.4. The molecule has 0 spiro atoms. The summed E-state index contributed by atoms with van der Waals surface area (Å²) in [4.78, 5) is 16.1. The fourth-order valence-corrected chi connectivity index (χ4v) is 5.59. The fourth-order valence-electron chi connectivity index (χ4n) is 3.99. The minimum absolute atomic E-state index is 0.000709. The average Bonchev–Trinajstić information content (AvgIpc) is 3.29. The monoisotopic (exact) mass is 449 g/mol. The Balaban J connectivity index is 1.25. The number of unbranched alkanes of at least 4 members (excludes halogenated alkanes) is 5. The highest BCUT2D eigenvalue weighted by atomic mass is 32.2. The van der Waals surface area contributed by atoms with Gasteiger partial charge in [0.2, 0.25) is 0 Å². The van der Waals surface area contributed by atoms with E-state index in [1.54, 1.807) is 12.4 Å². The Hall–Kier alpha value is -2.42. The number of hydrogen-bond donors (Lipinski definition) is 2. The van der Waals surface area contributed by atoms with Crippen LogP contribution >= 0.6 is 0 Å². The van der Waals surface area contributed by atoms with Gasteiger partial charge in [0.25, 0.3) is 0 Å². The predicted octanol–water partition coefficient (Wildman–Crippen LogP) is 3.86. The first kappa shape index (κ1) is 23.2. The number of pyridine rings is 1. The Morgan fingerprint density at radius 2 is 1.77 bits per heavy atom. The first-order valence-electron chi connectivity index (χ1n) is 10.9. The van der Waals surface area contributed by atoms with Crippen LogP contribution in [0.1, 0.15) is 57.8 Å². The van der Waals surface area contributed by atoms with E-state index in [-0.39, 0.29) is 24.3 Å². The lowest BCUT2D eigenvalue weighted by atomic mass is 9.77. The van der Waals surface area contributed by atoms with Gasteiger partial charge >= 0.3 is 5.97 Å². The van der Waals surface area contributed by atoms with Crippen LogP contribution in [0, 0.1) is 5.41 Å². The largest absolute Gasteiger partial charge is 0.492 e. The summed E-state index contributed by atoms with van der Waals surface area (Å²) in [7, 11) is -3.05. The molecule has 1 aliphatic heterocycles. The van der Waals surface area contributed by atoms with Crippen molar-refractivity contribution in [2.45, 2.75) is 57.8 Å². The number of H-pyrrole nitrogens is 1. The van der Waals surface area contributed by atoms with Gasteiger partial charge in [0.15, 0.2) is 0 Å². The highest BCUT2D eigenvalue weighted by Crippen LogP contribution is 2.38. The van der Waals surface area contributed by atoms with E-state index in [0.717, 1.165) is 55.7 Å². The molecule has 0 aromatic carbocycles. The second kappa shape index (κ2) is 10.7. The summed E-state index contributed by atoms with van der Waals surface area (Å²) >= 11 is 0. The van der Waals surface area contributed by atoms with Gasteiger partial charge in [-0.1, -0.05) is 32.1 Å². The molecule has 1 fully saturated rings. The van der Waals surface area contributed by atoms with Crippen molar-refractivity contribution in [2.75, 3.05) is 18.1 Å². The molecule has 0 bridgehead atoms. The quantitative estimate of drug-likeness (QED) is 0.472. The van der Waals surface area contributed by atoms with Crippen LogP contribution < -0.4 is 4.74 Å². The fraction of sp³-hybridized carbons (Fsp3) is 0.591. The Morgan fingerprint density at radius 3 is 2.39 bits per heavy atom.